The number of benzene rings is 1. The average Bonchev–Trinajstić information content (AvgIpc) is 3.44. The first kappa shape index (κ1) is 27.6. The number of halogens is 6. The molecule has 0 aliphatic heterocycles. The Balaban J connectivity index is 1.91. The summed E-state index contributed by atoms with van der Waals surface area (Å²) in [7, 11) is 1.42. The van der Waals surface area contributed by atoms with E-state index in [-0.39, 0.29) is 34.3 Å². The van der Waals surface area contributed by atoms with Gasteiger partial charge in [-0.25, -0.2) is 9.97 Å². The van der Waals surface area contributed by atoms with Crippen LogP contribution >= 0.6 is 11.3 Å². The molecule has 1 aromatic carbocycles. The van der Waals surface area contributed by atoms with E-state index in [0.717, 1.165) is 16.2 Å². The number of carbonyl (C=O) groups excluding carboxylic acids is 2. The quantitative estimate of drug-likeness (QED) is 0.367. The van der Waals surface area contributed by atoms with Crippen molar-refractivity contribution in [2.75, 3.05) is 13.6 Å². The van der Waals surface area contributed by atoms with Crippen LogP contribution in [0.1, 0.15) is 55.8 Å². The summed E-state index contributed by atoms with van der Waals surface area (Å²) in [6.45, 7) is 2.75. The molecule has 9 nitrogen and oxygen atoms in total. The Morgan fingerprint density at radius 2 is 1.76 bits per heavy atom. The minimum atomic E-state index is -5.11. The number of nitriles is 1. The molecule has 0 bridgehead atoms. The van der Waals surface area contributed by atoms with Crippen LogP contribution < -0.4 is 5.32 Å². The van der Waals surface area contributed by atoms with Crippen molar-refractivity contribution in [1.82, 2.24) is 30.0 Å². The second-order valence-corrected chi connectivity index (χ2v) is 8.75. The summed E-state index contributed by atoms with van der Waals surface area (Å²) in [5.41, 5.74) is -4.10. The monoisotopic (exact) mass is 545 g/mol. The van der Waals surface area contributed by atoms with E-state index in [2.05, 4.69) is 20.4 Å². The highest BCUT2D eigenvalue weighted by Gasteiger charge is 2.37. The van der Waals surface area contributed by atoms with Gasteiger partial charge < -0.3 is 10.2 Å². The topological polar surface area (TPSA) is 117 Å². The minimum Gasteiger partial charge on any atom is -0.342 e. The fourth-order valence-electron chi connectivity index (χ4n) is 3.11. The van der Waals surface area contributed by atoms with Crippen LogP contribution in [0.25, 0.3) is 5.13 Å². The maximum atomic E-state index is 13.2. The number of nitrogens with zero attached hydrogens (tertiary/aromatic N) is 6. The summed E-state index contributed by atoms with van der Waals surface area (Å²) in [4.78, 5) is 34.7. The first-order chi connectivity index (χ1) is 17.1. The molecule has 1 N–H and O–H groups in total. The fraction of sp³-hybridized carbons (Fsp3) is 0.333. The molecule has 0 spiro atoms. The summed E-state index contributed by atoms with van der Waals surface area (Å²) in [6, 6.07) is 1.37. The van der Waals surface area contributed by atoms with Crippen LogP contribution in [0, 0.1) is 18.3 Å². The predicted molar refractivity (Wildman–Crippen MR) is 117 cm³/mol. The van der Waals surface area contributed by atoms with Gasteiger partial charge in [0.05, 0.1) is 29.4 Å². The Kier molecular flexibility index (Phi) is 7.58. The highest BCUT2D eigenvalue weighted by molar-refractivity contribution is 7.16. The highest BCUT2D eigenvalue weighted by Crippen LogP contribution is 2.36. The zero-order valence-corrected chi connectivity index (χ0v) is 20.1. The van der Waals surface area contributed by atoms with Gasteiger partial charge in [0.25, 0.3) is 11.8 Å². The molecular weight excluding hydrogens is 528 g/mol. The lowest BCUT2D eigenvalue weighted by Gasteiger charge is -2.16. The summed E-state index contributed by atoms with van der Waals surface area (Å²) < 4.78 is 80.1. The zero-order chi connectivity index (χ0) is 27.7. The third-order valence-electron chi connectivity index (χ3n) is 4.86. The van der Waals surface area contributed by atoms with Crippen molar-refractivity contribution < 1.29 is 35.9 Å². The smallest absolute Gasteiger partial charge is 0.342 e. The van der Waals surface area contributed by atoms with Crippen LogP contribution in [0.2, 0.25) is 0 Å². The van der Waals surface area contributed by atoms with Crippen LogP contribution in [0.4, 0.5) is 26.3 Å². The van der Waals surface area contributed by atoms with Crippen molar-refractivity contribution in [2.24, 2.45) is 0 Å². The van der Waals surface area contributed by atoms with Crippen molar-refractivity contribution in [1.29, 1.82) is 5.26 Å². The van der Waals surface area contributed by atoms with Crippen LogP contribution in [0.3, 0.4) is 0 Å². The Bertz CT molecular complexity index is 1340. The molecule has 0 aliphatic carbocycles. The van der Waals surface area contributed by atoms with E-state index < -0.39 is 46.9 Å². The standard InChI is InChI=1S/C21H17F6N7O2S/c1-10(30-17(35)12-6-13(20(22,23)24)8-14(7-12)21(25,26)27)16-31-11(2)32-34(16)19-29-9-15(37-19)18(36)33(3)5-4-28/h6-10H,5H2,1-3H3,(H,30,35)/t10-/m0/s1. The van der Waals surface area contributed by atoms with Gasteiger partial charge in [0.15, 0.2) is 5.82 Å². The van der Waals surface area contributed by atoms with Crippen LogP contribution in [-0.4, -0.2) is 50.1 Å². The second kappa shape index (κ2) is 10.2. The lowest BCUT2D eigenvalue weighted by Crippen LogP contribution is -2.29. The molecule has 0 unspecified atom stereocenters. The highest BCUT2D eigenvalue weighted by atomic mass is 32.1. The average molecular weight is 545 g/mol. The molecule has 196 valence electrons. The van der Waals surface area contributed by atoms with E-state index in [1.807, 2.05) is 6.07 Å². The van der Waals surface area contributed by atoms with E-state index in [1.165, 1.54) is 31.8 Å². The maximum absolute atomic E-state index is 13.2. The number of amides is 2. The fourth-order valence-corrected chi connectivity index (χ4v) is 3.98. The Labute approximate surface area is 209 Å². The normalized spacial score (nSPS) is 12.6. The molecule has 2 aromatic heterocycles. The molecule has 2 heterocycles. The predicted octanol–water partition coefficient (Wildman–Crippen LogP) is 4.16. The molecule has 0 radical (unpaired) electrons. The van der Waals surface area contributed by atoms with Crippen molar-refractivity contribution in [3.05, 3.63) is 57.6 Å². The van der Waals surface area contributed by atoms with Crippen LogP contribution in [0.5, 0.6) is 0 Å². The zero-order valence-electron chi connectivity index (χ0n) is 19.3. The van der Waals surface area contributed by atoms with Gasteiger partial charge in [-0.05, 0) is 32.0 Å². The number of rotatable bonds is 6. The third kappa shape index (κ3) is 6.23. The third-order valence-corrected chi connectivity index (χ3v) is 5.82. The van der Waals surface area contributed by atoms with E-state index in [1.54, 1.807) is 0 Å². The molecule has 3 aromatic rings. The largest absolute Gasteiger partial charge is 0.416 e. The van der Waals surface area contributed by atoms with Gasteiger partial charge in [-0.3, -0.25) is 9.59 Å². The number of aromatic nitrogens is 4. The van der Waals surface area contributed by atoms with Crippen molar-refractivity contribution >= 4 is 23.2 Å². The summed E-state index contributed by atoms with van der Waals surface area (Å²) in [5, 5.41) is 15.4. The number of hydrogen-bond donors (Lipinski definition) is 1. The Morgan fingerprint density at radius 1 is 1.16 bits per heavy atom. The van der Waals surface area contributed by atoms with Gasteiger partial charge >= 0.3 is 12.4 Å². The molecular formula is C21H17F6N7O2S. The van der Waals surface area contributed by atoms with E-state index in [4.69, 9.17) is 5.26 Å². The van der Waals surface area contributed by atoms with Gasteiger partial charge in [-0.2, -0.15) is 36.3 Å². The number of nitrogens with one attached hydrogen (secondary N) is 1. The summed E-state index contributed by atoms with van der Waals surface area (Å²) in [5.74, 6) is -1.40. The number of carbonyl (C=O) groups is 2. The van der Waals surface area contributed by atoms with Gasteiger partial charge in [-0.15, -0.1) is 5.10 Å². The van der Waals surface area contributed by atoms with Crippen molar-refractivity contribution in [3.63, 3.8) is 0 Å². The molecule has 16 heteroatoms. The maximum Gasteiger partial charge on any atom is 0.416 e. The molecule has 0 aliphatic rings. The minimum absolute atomic E-state index is 0.0626. The molecule has 37 heavy (non-hydrogen) atoms. The lowest BCUT2D eigenvalue weighted by molar-refractivity contribution is -0.143. The lowest BCUT2D eigenvalue weighted by atomic mass is 10.0. The molecule has 2 amide bonds. The number of hydrogen-bond acceptors (Lipinski definition) is 7. The second-order valence-electron chi connectivity index (χ2n) is 7.75. The summed E-state index contributed by atoms with van der Waals surface area (Å²) >= 11 is 0.904. The van der Waals surface area contributed by atoms with Gasteiger partial charge in [0, 0.05) is 12.6 Å². The first-order valence-electron chi connectivity index (χ1n) is 10.2. The molecule has 1 atom stereocenters. The van der Waals surface area contributed by atoms with E-state index in [0.29, 0.717) is 12.1 Å². The summed E-state index contributed by atoms with van der Waals surface area (Å²) in [6.07, 6.45) is -8.97. The Morgan fingerprint density at radius 3 is 2.30 bits per heavy atom. The molecule has 0 fully saturated rings. The van der Waals surface area contributed by atoms with E-state index >= 15 is 0 Å². The number of aryl methyl sites for hydroxylation is 1. The number of alkyl halides is 6. The Hall–Kier alpha value is -4.00. The van der Waals surface area contributed by atoms with E-state index in [9.17, 15) is 35.9 Å². The van der Waals surface area contributed by atoms with Gasteiger partial charge in [0.2, 0.25) is 5.13 Å². The SMILES string of the molecule is Cc1nc([C@H](C)NC(=O)c2cc(C(F)(F)F)cc(C(F)(F)F)c2)n(-c2ncc(C(=O)N(C)CC#N)s2)n1. The van der Waals surface area contributed by atoms with Gasteiger partial charge in [0.1, 0.15) is 17.2 Å². The van der Waals surface area contributed by atoms with Crippen molar-refractivity contribution in [3.8, 4) is 11.2 Å². The molecule has 0 saturated heterocycles. The number of thiazole rings is 1. The first-order valence-corrected chi connectivity index (χ1v) is 11.1. The van der Waals surface area contributed by atoms with Gasteiger partial charge in [-0.1, -0.05) is 11.3 Å². The van der Waals surface area contributed by atoms with Crippen LogP contribution in [-0.2, 0) is 12.4 Å². The van der Waals surface area contributed by atoms with Crippen molar-refractivity contribution in [2.45, 2.75) is 32.2 Å². The van der Waals surface area contributed by atoms with Crippen LogP contribution in [0.15, 0.2) is 24.4 Å². The molecule has 3 rings (SSSR count). The molecule has 0 saturated carbocycles.